The highest BCUT2D eigenvalue weighted by molar-refractivity contribution is 5.95. The van der Waals surface area contributed by atoms with Crippen LogP contribution in [-0.4, -0.2) is 24.0 Å². The van der Waals surface area contributed by atoms with Crippen LogP contribution < -0.4 is 10.6 Å². The van der Waals surface area contributed by atoms with E-state index in [1.807, 2.05) is 19.9 Å². The largest absolute Gasteiger partial charge is 0.466 e. The Balaban J connectivity index is 0.00000133. The van der Waals surface area contributed by atoms with E-state index in [0.717, 1.165) is 18.6 Å². The number of carbonyl (C=O) groups is 1. The first-order chi connectivity index (χ1) is 8.61. The number of aryl methyl sites for hydroxylation is 2. The molecular formula is C14H21ClN2O2. The van der Waals surface area contributed by atoms with E-state index < -0.39 is 0 Å². The van der Waals surface area contributed by atoms with Crippen molar-refractivity contribution in [2.45, 2.75) is 57.7 Å². The second-order valence-corrected chi connectivity index (χ2v) is 5.61. The standard InChI is InChI=1S/C14H20N2O2.ClH/c1-8-5-13(9(2)18-8)14(17)16-12-6-10-3-4-11(7-12)15-10;/h5,10-12,15H,3-4,6-7H2,1-2H3,(H,16,17);1H. The molecule has 2 bridgehead atoms. The van der Waals surface area contributed by atoms with Crippen LogP contribution in [0.5, 0.6) is 0 Å². The molecule has 2 fully saturated rings. The number of hydrogen-bond donors (Lipinski definition) is 2. The van der Waals surface area contributed by atoms with Gasteiger partial charge >= 0.3 is 0 Å². The minimum atomic E-state index is 0. The summed E-state index contributed by atoms with van der Waals surface area (Å²) in [7, 11) is 0. The molecule has 5 heteroatoms. The van der Waals surface area contributed by atoms with Crippen molar-refractivity contribution in [2.24, 2.45) is 0 Å². The fourth-order valence-electron chi connectivity index (χ4n) is 3.29. The normalized spacial score (nSPS) is 28.8. The Kier molecular flexibility index (Phi) is 4.21. The van der Waals surface area contributed by atoms with Crippen molar-refractivity contribution in [3.8, 4) is 0 Å². The number of carbonyl (C=O) groups excluding carboxylic acids is 1. The maximum atomic E-state index is 12.2. The van der Waals surface area contributed by atoms with E-state index in [-0.39, 0.29) is 18.3 Å². The number of rotatable bonds is 2. The summed E-state index contributed by atoms with van der Waals surface area (Å²) in [5.74, 6) is 1.51. The molecule has 19 heavy (non-hydrogen) atoms. The molecule has 2 aliphatic heterocycles. The maximum absolute atomic E-state index is 12.2. The van der Waals surface area contributed by atoms with Crippen molar-refractivity contribution in [1.82, 2.24) is 10.6 Å². The summed E-state index contributed by atoms with van der Waals surface area (Å²) in [5, 5.41) is 6.73. The minimum Gasteiger partial charge on any atom is -0.466 e. The summed E-state index contributed by atoms with van der Waals surface area (Å²) in [4.78, 5) is 12.2. The highest BCUT2D eigenvalue weighted by Gasteiger charge is 2.34. The van der Waals surface area contributed by atoms with E-state index in [0.29, 0.717) is 29.4 Å². The number of fused-ring (bicyclic) bond motifs is 2. The molecule has 1 amide bonds. The fraction of sp³-hybridized carbons (Fsp3) is 0.643. The lowest BCUT2D eigenvalue weighted by atomic mass is 9.99. The van der Waals surface area contributed by atoms with Crippen molar-refractivity contribution in [3.05, 3.63) is 23.2 Å². The van der Waals surface area contributed by atoms with Crippen LogP contribution in [0.1, 0.15) is 47.6 Å². The molecule has 3 heterocycles. The molecule has 0 radical (unpaired) electrons. The summed E-state index contributed by atoms with van der Waals surface area (Å²) in [6.45, 7) is 3.71. The zero-order valence-corrected chi connectivity index (χ0v) is 12.2. The monoisotopic (exact) mass is 284 g/mol. The first-order valence-corrected chi connectivity index (χ1v) is 6.76. The van der Waals surface area contributed by atoms with Crippen molar-refractivity contribution in [2.75, 3.05) is 0 Å². The van der Waals surface area contributed by atoms with Gasteiger partial charge < -0.3 is 15.1 Å². The third-order valence-corrected chi connectivity index (χ3v) is 4.09. The van der Waals surface area contributed by atoms with Gasteiger partial charge in [0, 0.05) is 18.1 Å². The Hall–Kier alpha value is -1.000. The number of halogens is 1. The summed E-state index contributed by atoms with van der Waals surface area (Å²) < 4.78 is 5.41. The molecule has 0 saturated carbocycles. The van der Waals surface area contributed by atoms with Crippen LogP contribution in [0.15, 0.2) is 10.5 Å². The van der Waals surface area contributed by atoms with E-state index in [4.69, 9.17) is 4.42 Å². The lowest BCUT2D eigenvalue weighted by molar-refractivity contribution is 0.0922. The molecular weight excluding hydrogens is 264 g/mol. The molecule has 2 saturated heterocycles. The third-order valence-electron chi connectivity index (χ3n) is 4.09. The molecule has 1 aromatic heterocycles. The average molecular weight is 285 g/mol. The van der Waals surface area contributed by atoms with Gasteiger partial charge in [-0.2, -0.15) is 0 Å². The molecule has 2 unspecified atom stereocenters. The quantitative estimate of drug-likeness (QED) is 0.876. The second kappa shape index (κ2) is 5.55. The van der Waals surface area contributed by atoms with Crippen molar-refractivity contribution < 1.29 is 9.21 Å². The molecule has 106 valence electrons. The van der Waals surface area contributed by atoms with Crippen molar-refractivity contribution >= 4 is 18.3 Å². The fourth-order valence-corrected chi connectivity index (χ4v) is 3.29. The first-order valence-electron chi connectivity index (χ1n) is 6.76. The molecule has 0 spiro atoms. The highest BCUT2D eigenvalue weighted by Crippen LogP contribution is 2.27. The maximum Gasteiger partial charge on any atom is 0.255 e. The van der Waals surface area contributed by atoms with Crippen LogP contribution in [0.4, 0.5) is 0 Å². The average Bonchev–Trinajstić information content (AvgIpc) is 2.81. The number of piperidine rings is 1. The van der Waals surface area contributed by atoms with E-state index in [1.165, 1.54) is 12.8 Å². The summed E-state index contributed by atoms with van der Waals surface area (Å²) >= 11 is 0. The Morgan fingerprint density at radius 2 is 1.95 bits per heavy atom. The van der Waals surface area contributed by atoms with E-state index in [2.05, 4.69) is 10.6 Å². The van der Waals surface area contributed by atoms with Gasteiger partial charge in [-0.1, -0.05) is 0 Å². The molecule has 2 aliphatic rings. The predicted octanol–water partition coefficient (Wildman–Crippen LogP) is 2.33. The number of hydrogen-bond acceptors (Lipinski definition) is 3. The van der Waals surface area contributed by atoms with Gasteiger partial charge in [-0.15, -0.1) is 12.4 Å². The van der Waals surface area contributed by atoms with Crippen LogP contribution >= 0.6 is 12.4 Å². The van der Waals surface area contributed by atoms with Crippen LogP contribution in [0.2, 0.25) is 0 Å². The molecule has 4 nitrogen and oxygen atoms in total. The van der Waals surface area contributed by atoms with Gasteiger partial charge in [-0.05, 0) is 45.6 Å². The predicted molar refractivity (Wildman–Crippen MR) is 75.9 cm³/mol. The molecule has 2 atom stereocenters. The smallest absolute Gasteiger partial charge is 0.255 e. The molecule has 0 aromatic carbocycles. The molecule has 2 N–H and O–H groups in total. The van der Waals surface area contributed by atoms with Gasteiger partial charge in [0.25, 0.3) is 5.91 Å². The Labute approximate surface area is 119 Å². The summed E-state index contributed by atoms with van der Waals surface area (Å²) in [6, 6.07) is 3.33. The van der Waals surface area contributed by atoms with Crippen molar-refractivity contribution in [1.29, 1.82) is 0 Å². The van der Waals surface area contributed by atoms with Gasteiger partial charge in [0.1, 0.15) is 11.5 Å². The number of nitrogens with one attached hydrogen (secondary N) is 2. The number of furan rings is 1. The van der Waals surface area contributed by atoms with Gasteiger partial charge in [0.15, 0.2) is 0 Å². The van der Waals surface area contributed by atoms with Gasteiger partial charge in [0.2, 0.25) is 0 Å². The lowest BCUT2D eigenvalue weighted by Crippen LogP contribution is -2.48. The number of amides is 1. The van der Waals surface area contributed by atoms with Gasteiger partial charge in [-0.25, -0.2) is 0 Å². The van der Waals surface area contributed by atoms with Crippen LogP contribution in [0.3, 0.4) is 0 Å². The summed E-state index contributed by atoms with van der Waals surface area (Å²) in [5.41, 5.74) is 0.679. The second-order valence-electron chi connectivity index (χ2n) is 5.61. The van der Waals surface area contributed by atoms with Gasteiger partial charge in [-0.3, -0.25) is 4.79 Å². The Morgan fingerprint density at radius 3 is 2.47 bits per heavy atom. The van der Waals surface area contributed by atoms with E-state index in [9.17, 15) is 4.79 Å². The third kappa shape index (κ3) is 2.95. The molecule has 3 rings (SSSR count). The van der Waals surface area contributed by atoms with Gasteiger partial charge in [0.05, 0.1) is 5.56 Å². The minimum absolute atomic E-state index is 0. The zero-order chi connectivity index (χ0) is 12.7. The lowest BCUT2D eigenvalue weighted by Gasteiger charge is -2.29. The van der Waals surface area contributed by atoms with Crippen LogP contribution in [0.25, 0.3) is 0 Å². The van der Waals surface area contributed by atoms with E-state index in [1.54, 1.807) is 0 Å². The Morgan fingerprint density at radius 1 is 1.32 bits per heavy atom. The first kappa shape index (κ1) is 14.4. The van der Waals surface area contributed by atoms with Crippen LogP contribution in [0, 0.1) is 13.8 Å². The molecule has 0 aliphatic carbocycles. The van der Waals surface area contributed by atoms with E-state index >= 15 is 0 Å². The topological polar surface area (TPSA) is 54.3 Å². The Bertz CT molecular complexity index is 460. The zero-order valence-electron chi connectivity index (χ0n) is 11.4. The van der Waals surface area contributed by atoms with Crippen LogP contribution in [-0.2, 0) is 0 Å². The summed E-state index contributed by atoms with van der Waals surface area (Å²) in [6.07, 6.45) is 4.61. The molecule has 1 aromatic rings. The SMILES string of the molecule is Cc1cc(C(=O)NC2CC3CCC(C2)N3)c(C)o1.Cl. The van der Waals surface area contributed by atoms with Crippen molar-refractivity contribution in [3.63, 3.8) is 0 Å². The highest BCUT2D eigenvalue weighted by atomic mass is 35.5.